The first-order valence-corrected chi connectivity index (χ1v) is 8.07. The number of hydrogen-bond acceptors (Lipinski definition) is 1. The van der Waals surface area contributed by atoms with E-state index < -0.39 is 11.6 Å². The van der Waals surface area contributed by atoms with E-state index in [1.54, 1.807) is 6.07 Å². The molecule has 1 unspecified atom stereocenters. The molecule has 0 aromatic heterocycles. The summed E-state index contributed by atoms with van der Waals surface area (Å²) in [5.41, 5.74) is 0.670. The summed E-state index contributed by atoms with van der Waals surface area (Å²) in [4.78, 5) is 0. The van der Waals surface area contributed by atoms with E-state index in [9.17, 15) is 8.78 Å². The molecule has 0 amide bonds. The average Bonchev–Trinajstić information content (AvgIpc) is 2.41. The molecule has 1 aliphatic rings. The number of nitrogens with one attached hydrogen (secondary N) is 1. The summed E-state index contributed by atoms with van der Waals surface area (Å²) in [7, 11) is 0. The molecule has 0 spiro atoms. The Balaban J connectivity index is 2.21. The van der Waals surface area contributed by atoms with Crippen LogP contribution in [0.4, 0.5) is 8.78 Å². The lowest BCUT2D eigenvalue weighted by molar-refractivity contribution is 0.275. The third-order valence-corrected chi connectivity index (χ3v) is 4.43. The Labute approximate surface area is 127 Å². The molecule has 118 valence electrons. The van der Waals surface area contributed by atoms with Crippen LogP contribution in [0.5, 0.6) is 0 Å². The molecule has 1 atom stereocenters. The molecule has 0 saturated heterocycles. The van der Waals surface area contributed by atoms with Gasteiger partial charge in [-0.05, 0) is 51.2 Å². The average molecular weight is 295 g/mol. The van der Waals surface area contributed by atoms with Crippen LogP contribution < -0.4 is 5.32 Å². The quantitative estimate of drug-likeness (QED) is 0.822. The van der Waals surface area contributed by atoms with Gasteiger partial charge in [0.25, 0.3) is 0 Å². The van der Waals surface area contributed by atoms with Gasteiger partial charge in [-0.25, -0.2) is 8.78 Å². The molecule has 1 aromatic rings. The van der Waals surface area contributed by atoms with Gasteiger partial charge >= 0.3 is 0 Å². The maximum atomic E-state index is 14.2. The zero-order chi connectivity index (χ0) is 15.5. The van der Waals surface area contributed by atoms with E-state index in [-0.39, 0.29) is 11.5 Å². The molecule has 2 rings (SSSR count). The van der Waals surface area contributed by atoms with Crippen LogP contribution in [-0.4, -0.2) is 12.1 Å². The first kappa shape index (κ1) is 16.4. The smallest absolute Gasteiger partial charge is 0.129 e. The van der Waals surface area contributed by atoms with Crippen LogP contribution in [0.3, 0.4) is 0 Å². The second kappa shape index (κ2) is 6.87. The van der Waals surface area contributed by atoms with Gasteiger partial charge in [-0.15, -0.1) is 0 Å². The minimum atomic E-state index is -0.498. The number of rotatable bonds is 4. The van der Waals surface area contributed by atoms with Crippen molar-refractivity contribution in [3.05, 3.63) is 35.4 Å². The van der Waals surface area contributed by atoms with E-state index in [4.69, 9.17) is 0 Å². The van der Waals surface area contributed by atoms with Gasteiger partial charge in [0.1, 0.15) is 11.6 Å². The van der Waals surface area contributed by atoms with Crippen LogP contribution >= 0.6 is 0 Å². The van der Waals surface area contributed by atoms with E-state index in [1.165, 1.54) is 25.3 Å². The number of halogens is 2. The maximum absolute atomic E-state index is 14.2. The molecule has 1 aliphatic carbocycles. The van der Waals surface area contributed by atoms with Crippen molar-refractivity contribution in [2.45, 2.75) is 64.3 Å². The lowest BCUT2D eigenvalue weighted by Crippen LogP contribution is -2.40. The van der Waals surface area contributed by atoms with Crippen LogP contribution in [0, 0.1) is 17.6 Å². The second-order valence-electron chi connectivity index (χ2n) is 7.30. The van der Waals surface area contributed by atoms with Gasteiger partial charge in [0.2, 0.25) is 0 Å². The predicted molar refractivity (Wildman–Crippen MR) is 83.4 cm³/mol. The third-order valence-electron chi connectivity index (χ3n) is 4.43. The highest BCUT2D eigenvalue weighted by atomic mass is 19.1. The summed E-state index contributed by atoms with van der Waals surface area (Å²) >= 11 is 0. The summed E-state index contributed by atoms with van der Waals surface area (Å²) in [6, 6.07) is 4.03. The largest absolute Gasteiger partial charge is 0.311 e. The van der Waals surface area contributed by atoms with Crippen LogP contribution in [-0.2, 0) is 0 Å². The number of hydrogen-bond donors (Lipinski definition) is 1. The molecule has 1 fully saturated rings. The minimum Gasteiger partial charge on any atom is -0.311 e. The zero-order valence-corrected chi connectivity index (χ0v) is 13.4. The first-order chi connectivity index (χ1) is 9.87. The predicted octanol–water partition coefficient (Wildman–Crippen LogP) is 5.02. The molecule has 0 radical (unpaired) electrons. The molecule has 1 aromatic carbocycles. The molecule has 21 heavy (non-hydrogen) atoms. The molecular formula is C18H27F2N. The van der Waals surface area contributed by atoms with Gasteiger partial charge in [0.15, 0.2) is 0 Å². The van der Waals surface area contributed by atoms with E-state index in [0.29, 0.717) is 11.5 Å². The molecule has 1 saturated carbocycles. The molecule has 0 heterocycles. The Hall–Kier alpha value is -0.960. The van der Waals surface area contributed by atoms with Crippen molar-refractivity contribution >= 4 is 0 Å². The van der Waals surface area contributed by atoms with Gasteiger partial charge in [0, 0.05) is 24.1 Å². The molecule has 0 bridgehead atoms. The van der Waals surface area contributed by atoms with Gasteiger partial charge < -0.3 is 5.32 Å². The molecule has 0 aliphatic heterocycles. The Bertz CT molecular complexity index is 459. The highest BCUT2D eigenvalue weighted by Gasteiger charge is 2.28. The van der Waals surface area contributed by atoms with Crippen molar-refractivity contribution in [3.63, 3.8) is 0 Å². The van der Waals surface area contributed by atoms with Crippen molar-refractivity contribution in [1.29, 1.82) is 0 Å². The normalized spacial score (nSPS) is 18.7. The summed E-state index contributed by atoms with van der Waals surface area (Å²) in [5, 5.41) is 3.50. The number of benzene rings is 1. The van der Waals surface area contributed by atoms with Crippen molar-refractivity contribution < 1.29 is 8.78 Å². The van der Waals surface area contributed by atoms with Crippen LogP contribution in [0.25, 0.3) is 0 Å². The topological polar surface area (TPSA) is 12.0 Å². The second-order valence-corrected chi connectivity index (χ2v) is 7.30. The summed E-state index contributed by atoms with van der Waals surface area (Å²) in [5.74, 6) is -0.276. The summed E-state index contributed by atoms with van der Waals surface area (Å²) in [6.45, 7) is 7.10. The van der Waals surface area contributed by atoms with E-state index in [1.807, 2.05) is 0 Å². The Morgan fingerprint density at radius 1 is 1.14 bits per heavy atom. The molecule has 1 N–H and O–H groups in total. The highest BCUT2D eigenvalue weighted by Crippen LogP contribution is 2.37. The van der Waals surface area contributed by atoms with E-state index in [0.717, 1.165) is 25.5 Å². The first-order valence-electron chi connectivity index (χ1n) is 8.07. The summed E-state index contributed by atoms with van der Waals surface area (Å²) in [6.07, 6.45) is 6.02. The van der Waals surface area contributed by atoms with Crippen molar-refractivity contribution in [3.8, 4) is 0 Å². The monoisotopic (exact) mass is 295 g/mol. The van der Waals surface area contributed by atoms with Crippen molar-refractivity contribution in [1.82, 2.24) is 5.32 Å². The lowest BCUT2D eigenvalue weighted by atomic mass is 9.76. The molecule has 3 heteroatoms. The zero-order valence-electron chi connectivity index (χ0n) is 13.4. The fraction of sp³-hybridized carbons (Fsp3) is 0.667. The summed E-state index contributed by atoms with van der Waals surface area (Å²) < 4.78 is 27.4. The van der Waals surface area contributed by atoms with Gasteiger partial charge in [-0.1, -0.05) is 25.3 Å². The molecule has 1 nitrogen and oxygen atoms in total. The third kappa shape index (κ3) is 4.77. The standard InChI is InChI=1S/C18H27F2N/c1-18(2,3)21-12-16(13-7-5-4-6-8-13)15-10-9-14(19)11-17(15)20/h9-11,13,16,21H,4-8,12H2,1-3H3. The Kier molecular flexibility index (Phi) is 5.37. The van der Waals surface area contributed by atoms with Gasteiger partial charge in [0.05, 0.1) is 0 Å². The van der Waals surface area contributed by atoms with Gasteiger partial charge in [-0.2, -0.15) is 0 Å². The maximum Gasteiger partial charge on any atom is 0.129 e. The molecular weight excluding hydrogens is 268 g/mol. The fourth-order valence-corrected chi connectivity index (χ4v) is 3.29. The van der Waals surface area contributed by atoms with Crippen molar-refractivity contribution in [2.75, 3.05) is 6.54 Å². The SMILES string of the molecule is CC(C)(C)NCC(c1ccc(F)cc1F)C1CCCCC1. The van der Waals surface area contributed by atoms with Crippen LogP contribution in [0.1, 0.15) is 64.4 Å². The van der Waals surface area contributed by atoms with Crippen LogP contribution in [0.15, 0.2) is 18.2 Å². The lowest BCUT2D eigenvalue weighted by Gasteiger charge is -2.33. The highest BCUT2D eigenvalue weighted by molar-refractivity contribution is 5.24. The Morgan fingerprint density at radius 2 is 1.81 bits per heavy atom. The van der Waals surface area contributed by atoms with E-state index in [2.05, 4.69) is 26.1 Å². The van der Waals surface area contributed by atoms with Crippen molar-refractivity contribution in [2.24, 2.45) is 5.92 Å². The Morgan fingerprint density at radius 3 is 2.38 bits per heavy atom. The fourth-order valence-electron chi connectivity index (χ4n) is 3.29. The van der Waals surface area contributed by atoms with E-state index >= 15 is 0 Å². The van der Waals surface area contributed by atoms with Crippen LogP contribution in [0.2, 0.25) is 0 Å². The van der Waals surface area contributed by atoms with Gasteiger partial charge in [-0.3, -0.25) is 0 Å². The minimum absolute atomic E-state index is 0.00340.